The molecule has 2 aliphatic rings. The summed E-state index contributed by atoms with van der Waals surface area (Å²) in [5.74, 6) is -2.87. The van der Waals surface area contributed by atoms with Gasteiger partial charge in [-0.2, -0.15) is 0 Å². The number of hydrogen-bond acceptors (Lipinski definition) is 3. The van der Waals surface area contributed by atoms with Crippen LogP contribution in [-0.4, -0.2) is 60.5 Å². The number of alkyl halides is 2. The lowest BCUT2D eigenvalue weighted by atomic mass is 10.1. The van der Waals surface area contributed by atoms with Crippen molar-refractivity contribution in [2.75, 3.05) is 32.8 Å². The van der Waals surface area contributed by atoms with Crippen molar-refractivity contribution in [1.29, 1.82) is 0 Å². The molecule has 0 saturated carbocycles. The molecule has 8 heteroatoms. The molecule has 0 aromatic heterocycles. The highest BCUT2D eigenvalue weighted by molar-refractivity contribution is 6.35. The van der Waals surface area contributed by atoms with Crippen LogP contribution in [0.5, 0.6) is 0 Å². The van der Waals surface area contributed by atoms with Crippen molar-refractivity contribution in [3.8, 4) is 0 Å². The van der Waals surface area contributed by atoms with Crippen LogP contribution in [-0.2, 0) is 16.1 Å². The normalized spacial score (nSPS) is 24.3. The predicted octanol–water partition coefficient (Wildman–Crippen LogP) is 3.45. The molecule has 1 aromatic rings. The van der Waals surface area contributed by atoms with Gasteiger partial charge in [-0.1, -0.05) is 29.3 Å². The van der Waals surface area contributed by atoms with Gasteiger partial charge in [0.25, 0.3) is 11.8 Å². The second kappa shape index (κ2) is 7.74. The third kappa shape index (κ3) is 4.82. The summed E-state index contributed by atoms with van der Waals surface area (Å²) in [6.07, 6.45) is -1.18. The van der Waals surface area contributed by atoms with Crippen LogP contribution in [0.15, 0.2) is 18.2 Å². The fourth-order valence-corrected chi connectivity index (χ4v) is 3.61. The van der Waals surface area contributed by atoms with Crippen molar-refractivity contribution < 1.29 is 18.3 Å². The Hall–Kier alpha value is -0.950. The van der Waals surface area contributed by atoms with E-state index in [2.05, 4.69) is 4.90 Å². The summed E-state index contributed by atoms with van der Waals surface area (Å²) in [5, 5.41) is 1.16. The van der Waals surface area contributed by atoms with Crippen LogP contribution in [0.1, 0.15) is 18.4 Å². The van der Waals surface area contributed by atoms with Gasteiger partial charge in [0.15, 0.2) is 0 Å². The van der Waals surface area contributed by atoms with Gasteiger partial charge in [0, 0.05) is 55.6 Å². The van der Waals surface area contributed by atoms with Crippen LogP contribution in [0.2, 0.25) is 10.0 Å². The maximum absolute atomic E-state index is 13.3. The van der Waals surface area contributed by atoms with E-state index in [1.165, 1.54) is 4.90 Å². The van der Waals surface area contributed by atoms with E-state index in [-0.39, 0.29) is 31.8 Å². The second-order valence-corrected chi connectivity index (χ2v) is 7.36. The van der Waals surface area contributed by atoms with Gasteiger partial charge in [0.1, 0.15) is 6.10 Å². The summed E-state index contributed by atoms with van der Waals surface area (Å²) in [4.78, 5) is 16.1. The quantitative estimate of drug-likeness (QED) is 0.789. The first-order valence-electron chi connectivity index (χ1n) is 8.28. The van der Waals surface area contributed by atoms with E-state index in [9.17, 15) is 13.6 Å². The van der Waals surface area contributed by atoms with Crippen LogP contribution in [0.3, 0.4) is 0 Å². The van der Waals surface area contributed by atoms with Crippen LogP contribution in [0.4, 0.5) is 8.78 Å². The summed E-state index contributed by atoms with van der Waals surface area (Å²) in [6.45, 7) is 2.27. The fourth-order valence-electron chi connectivity index (χ4n) is 3.14. The van der Waals surface area contributed by atoms with Gasteiger partial charge in [-0.3, -0.25) is 9.69 Å². The number of nitrogens with zero attached hydrogens (tertiary/aromatic N) is 2. The average Bonchev–Trinajstić information content (AvgIpc) is 2.57. The number of morpholine rings is 1. The average molecular weight is 393 g/mol. The molecule has 1 aromatic carbocycles. The lowest BCUT2D eigenvalue weighted by molar-refractivity contribution is -0.155. The maximum Gasteiger partial charge on any atom is 0.253 e. The molecule has 4 nitrogen and oxygen atoms in total. The Morgan fingerprint density at radius 1 is 1.24 bits per heavy atom. The predicted molar refractivity (Wildman–Crippen MR) is 92.2 cm³/mol. The van der Waals surface area contributed by atoms with Crippen molar-refractivity contribution in [2.24, 2.45) is 0 Å². The SMILES string of the molecule is O=C(C1CN(Cc2ccc(Cl)cc2Cl)CCO1)N1CCC(F)(F)CC1. The second-order valence-electron chi connectivity index (χ2n) is 6.51. The van der Waals surface area contributed by atoms with Gasteiger partial charge in [0.05, 0.1) is 6.61 Å². The molecule has 0 bridgehead atoms. The minimum atomic E-state index is -2.67. The van der Waals surface area contributed by atoms with Crippen molar-refractivity contribution in [3.05, 3.63) is 33.8 Å². The summed E-state index contributed by atoms with van der Waals surface area (Å²) >= 11 is 12.1. The molecule has 0 spiro atoms. The molecule has 0 aliphatic carbocycles. The first-order valence-corrected chi connectivity index (χ1v) is 9.04. The molecule has 2 aliphatic heterocycles. The topological polar surface area (TPSA) is 32.8 Å². The lowest BCUT2D eigenvalue weighted by Gasteiger charge is -2.37. The first-order chi connectivity index (χ1) is 11.8. The molecule has 1 atom stereocenters. The van der Waals surface area contributed by atoms with E-state index in [1.54, 1.807) is 12.1 Å². The Kier molecular flexibility index (Phi) is 5.83. The van der Waals surface area contributed by atoms with E-state index in [0.29, 0.717) is 36.3 Å². The number of rotatable bonds is 3. The van der Waals surface area contributed by atoms with Gasteiger partial charge in [-0.25, -0.2) is 8.78 Å². The van der Waals surface area contributed by atoms with Crippen molar-refractivity contribution >= 4 is 29.1 Å². The Labute approximate surface area is 155 Å². The molecule has 3 rings (SSSR count). The standard InChI is InChI=1S/C17H20Cl2F2N2O2/c18-13-2-1-12(14(19)9-13)10-22-7-8-25-15(11-22)16(24)23-5-3-17(20,21)4-6-23/h1-2,9,15H,3-8,10-11H2. The van der Waals surface area contributed by atoms with Gasteiger partial charge >= 0.3 is 0 Å². The van der Waals surface area contributed by atoms with E-state index in [4.69, 9.17) is 27.9 Å². The Bertz CT molecular complexity index is 635. The number of amides is 1. The highest BCUT2D eigenvalue weighted by Crippen LogP contribution is 2.28. The molecular weight excluding hydrogens is 373 g/mol. The zero-order valence-electron chi connectivity index (χ0n) is 13.7. The monoisotopic (exact) mass is 392 g/mol. The minimum Gasteiger partial charge on any atom is -0.366 e. The van der Waals surface area contributed by atoms with Gasteiger partial charge in [0.2, 0.25) is 0 Å². The summed E-state index contributed by atoms with van der Waals surface area (Å²) in [7, 11) is 0. The number of benzene rings is 1. The largest absolute Gasteiger partial charge is 0.366 e. The van der Waals surface area contributed by atoms with Crippen molar-refractivity contribution in [1.82, 2.24) is 9.80 Å². The van der Waals surface area contributed by atoms with Crippen LogP contribution in [0.25, 0.3) is 0 Å². The number of halogens is 4. The molecule has 25 heavy (non-hydrogen) atoms. The first kappa shape index (κ1) is 18.8. The summed E-state index contributed by atoms with van der Waals surface area (Å²) < 4.78 is 32.1. The van der Waals surface area contributed by atoms with Gasteiger partial charge in [-0.05, 0) is 17.7 Å². The molecule has 2 saturated heterocycles. The van der Waals surface area contributed by atoms with E-state index in [0.717, 1.165) is 5.56 Å². The van der Waals surface area contributed by atoms with E-state index in [1.807, 2.05) is 6.07 Å². The molecule has 2 fully saturated rings. The van der Waals surface area contributed by atoms with Crippen LogP contribution in [0, 0.1) is 0 Å². The zero-order chi connectivity index (χ0) is 18.0. The van der Waals surface area contributed by atoms with E-state index < -0.39 is 12.0 Å². The molecular formula is C17H20Cl2F2N2O2. The van der Waals surface area contributed by atoms with Crippen LogP contribution >= 0.6 is 23.2 Å². The third-order valence-corrected chi connectivity index (χ3v) is 5.23. The molecule has 0 N–H and O–H groups in total. The zero-order valence-corrected chi connectivity index (χ0v) is 15.2. The maximum atomic E-state index is 13.3. The number of carbonyl (C=O) groups is 1. The molecule has 1 unspecified atom stereocenters. The highest BCUT2D eigenvalue weighted by Gasteiger charge is 2.38. The number of ether oxygens (including phenoxy) is 1. The minimum absolute atomic E-state index is 0.0781. The fraction of sp³-hybridized carbons (Fsp3) is 0.588. The third-order valence-electron chi connectivity index (χ3n) is 4.64. The number of carbonyl (C=O) groups excluding carboxylic acids is 1. The Morgan fingerprint density at radius 3 is 2.64 bits per heavy atom. The Balaban J connectivity index is 1.58. The smallest absolute Gasteiger partial charge is 0.253 e. The summed E-state index contributed by atoms with van der Waals surface area (Å²) in [6, 6.07) is 5.33. The number of piperidine rings is 1. The van der Waals surface area contributed by atoms with Crippen LogP contribution < -0.4 is 0 Å². The summed E-state index contributed by atoms with van der Waals surface area (Å²) in [5.41, 5.74) is 0.928. The molecule has 2 heterocycles. The van der Waals surface area contributed by atoms with Crippen molar-refractivity contribution in [2.45, 2.75) is 31.4 Å². The van der Waals surface area contributed by atoms with Gasteiger partial charge in [-0.15, -0.1) is 0 Å². The van der Waals surface area contributed by atoms with E-state index >= 15 is 0 Å². The number of likely N-dealkylation sites (tertiary alicyclic amines) is 1. The molecule has 0 radical (unpaired) electrons. The molecule has 1 amide bonds. The lowest BCUT2D eigenvalue weighted by Crippen LogP contribution is -2.53. The van der Waals surface area contributed by atoms with Crippen molar-refractivity contribution in [3.63, 3.8) is 0 Å². The Morgan fingerprint density at radius 2 is 1.96 bits per heavy atom. The molecule has 138 valence electrons. The van der Waals surface area contributed by atoms with Gasteiger partial charge < -0.3 is 9.64 Å². The highest BCUT2D eigenvalue weighted by atomic mass is 35.5. The number of hydrogen-bond donors (Lipinski definition) is 0.